The van der Waals surface area contributed by atoms with Crippen LogP contribution in [0.1, 0.15) is 41.4 Å². The molecule has 2 unspecified atom stereocenters. The maximum absolute atomic E-state index is 11.6. The Labute approximate surface area is 91.7 Å². The monoisotopic (exact) mass is 224 g/mol. The van der Waals surface area contributed by atoms with Crippen LogP contribution in [0.4, 0.5) is 0 Å². The Hall–Kier alpha value is -1.78. The van der Waals surface area contributed by atoms with Gasteiger partial charge in [-0.25, -0.2) is 9.59 Å². The zero-order chi connectivity index (χ0) is 12.0. The highest BCUT2D eigenvalue weighted by Gasteiger charge is 2.36. The first kappa shape index (κ1) is 10.7. The van der Waals surface area contributed by atoms with E-state index in [4.69, 9.17) is 9.15 Å². The van der Waals surface area contributed by atoms with Crippen LogP contribution in [0.3, 0.4) is 0 Å². The van der Waals surface area contributed by atoms with Crippen molar-refractivity contribution in [3.05, 3.63) is 27.3 Å². The van der Waals surface area contributed by atoms with Crippen molar-refractivity contribution in [2.75, 3.05) is 0 Å². The largest absolute Gasteiger partial charge is 0.506 e. The van der Waals surface area contributed by atoms with Gasteiger partial charge in [-0.2, -0.15) is 0 Å². The normalized spacial score (nSPS) is 23.8. The molecule has 0 saturated heterocycles. The van der Waals surface area contributed by atoms with Crippen LogP contribution >= 0.6 is 0 Å². The lowest BCUT2D eigenvalue weighted by Crippen LogP contribution is -2.30. The maximum Gasteiger partial charge on any atom is 0.345 e. The molecule has 0 saturated carbocycles. The molecule has 5 nitrogen and oxygen atoms in total. The fraction of sp³-hybridized carbons (Fsp3) is 0.455. The Morgan fingerprint density at radius 3 is 2.50 bits per heavy atom. The van der Waals surface area contributed by atoms with Crippen molar-refractivity contribution in [1.82, 2.24) is 0 Å². The van der Waals surface area contributed by atoms with Crippen LogP contribution in [0, 0.1) is 6.92 Å². The Morgan fingerprint density at radius 2 is 1.88 bits per heavy atom. The number of carbonyl (C=O) groups is 1. The quantitative estimate of drug-likeness (QED) is 0.672. The van der Waals surface area contributed by atoms with Gasteiger partial charge in [0.1, 0.15) is 23.2 Å². The van der Waals surface area contributed by atoms with Crippen LogP contribution in [-0.2, 0) is 4.74 Å². The van der Waals surface area contributed by atoms with E-state index in [1.807, 2.05) is 0 Å². The van der Waals surface area contributed by atoms with Crippen molar-refractivity contribution in [2.45, 2.75) is 32.8 Å². The molecule has 1 N–H and O–H groups in total. The van der Waals surface area contributed by atoms with Gasteiger partial charge in [-0.15, -0.1) is 0 Å². The number of rotatable bonds is 0. The van der Waals surface area contributed by atoms with Crippen LogP contribution in [-0.4, -0.2) is 17.2 Å². The third kappa shape index (κ3) is 1.31. The van der Waals surface area contributed by atoms with E-state index in [0.717, 1.165) is 0 Å². The molecule has 0 aliphatic carbocycles. The van der Waals surface area contributed by atoms with E-state index >= 15 is 0 Å². The number of esters is 1. The van der Waals surface area contributed by atoms with Crippen LogP contribution in [0.25, 0.3) is 0 Å². The fourth-order valence-electron chi connectivity index (χ4n) is 1.69. The van der Waals surface area contributed by atoms with Gasteiger partial charge in [0.25, 0.3) is 0 Å². The first-order valence-electron chi connectivity index (χ1n) is 5.01. The van der Waals surface area contributed by atoms with Gasteiger partial charge in [0.05, 0.1) is 11.5 Å². The Bertz CT molecular complexity index is 514. The number of aromatic hydroxyl groups is 1. The number of ether oxygens (including phenoxy) is 1. The molecule has 16 heavy (non-hydrogen) atoms. The lowest BCUT2D eigenvalue weighted by Gasteiger charge is -2.26. The van der Waals surface area contributed by atoms with E-state index < -0.39 is 11.6 Å². The van der Waals surface area contributed by atoms with E-state index in [1.165, 1.54) is 6.92 Å². The molecule has 1 aliphatic heterocycles. The molecule has 0 fully saturated rings. The fourth-order valence-corrected chi connectivity index (χ4v) is 1.69. The average Bonchev–Trinajstić information content (AvgIpc) is 2.22. The molecule has 2 rings (SSSR count). The van der Waals surface area contributed by atoms with Crippen molar-refractivity contribution in [3.63, 3.8) is 0 Å². The molecule has 2 heterocycles. The lowest BCUT2D eigenvalue weighted by molar-refractivity contribution is 0.0196. The molecule has 0 spiro atoms. The highest BCUT2D eigenvalue weighted by molar-refractivity contribution is 5.95. The van der Waals surface area contributed by atoms with Crippen molar-refractivity contribution < 1.29 is 19.1 Å². The van der Waals surface area contributed by atoms with Gasteiger partial charge in [0.15, 0.2) is 0 Å². The number of carbonyl (C=O) groups excluding carboxylic acids is 1. The van der Waals surface area contributed by atoms with E-state index in [9.17, 15) is 14.7 Å². The van der Waals surface area contributed by atoms with Gasteiger partial charge in [-0.05, 0) is 13.8 Å². The maximum atomic E-state index is 11.6. The summed E-state index contributed by atoms with van der Waals surface area (Å²) >= 11 is 0. The molecule has 0 radical (unpaired) electrons. The Kier molecular flexibility index (Phi) is 2.26. The minimum absolute atomic E-state index is 0.0253. The van der Waals surface area contributed by atoms with Crippen molar-refractivity contribution in [1.29, 1.82) is 0 Å². The summed E-state index contributed by atoms with van der Waals surface area (Å²) in [7, 11) is 0. The second kappa shape index (κ2) is 3.37. The highest BCUT2D eigenvalue weighted by Crippen LogP contribution is 2.35. The van der Waals surface area contributed by atoms with E-state index in [0.29, 0.717) is 0 Å². The second-order valence-electron chi connectivity index (χ2n) is 4.00. The number of fused-ring (bicyclic) bond motifs is 1. The molecule has 0 aromatic carbocycles. The first-order chi connectivity index (χ1) is 7.43. The Morgan fingerprint density at radius 1 is 1.25 bits per heavy atom. The smallest absolute Gasteiger partial charge is 0.345 e. The third-order valence-corrected chi connectivity index (χ3v) is 2.96. The van der Waals surface area contributed by atoms with Crippen LogP contribution in [0.2, 0.25) is 0 Å². The van der Waals surface area contributed by atoms with Crippen LogP contribution in [0.5, 0.6) is 5.75 Å². The van der Waals surface area contributed by atoms with Gasteiger partial charge in [-0.1, -0.05) is 6.92 Å². The summed E-state index contributed by atoms with van der Waals surface area (Å²) in [6, 6.07) is 0. The summed E-state index contributed by atoms with van der Waals surface area (Å²) in [5.74, 6) is -1.02. The molecule has 0 amide bonds. The van der Waals surface area contributed by atoms with Crippen molar-refractivity contribution >= 4 is 5.97 Å². The van der Waals surface area contributed by atoms with Crippen LogP contribution < -0.4 is 5.63 Å². The molecule has 0 bridgehead atoms. The van der Waals surface area contributed by atoms with Gasteiger partial charge < -0.3 is 14.3 Å². The number of cyclic esters (lactones) is 1. The van der Waals surface area contributed by atoms with Gasteiger partial charge >= 0.3 is 11.6 Å². The molecule has 5 heteroatoms. The number of hydrogen-bond donors (Lipinski definition) is 1. The first-order valence-corrected chi connectivity index (χ1v) is 5.01. The van der Waals surface area contributed by atoms with Crippen molar-refractivity contribution in [2.24, 2.45) is 0 Å². The summed E-state index contributed by atoms with van der Waals surface area (Å²) in [6.07, 6.45) is -0.370. The molecule has 86 valence electrons. The summed E-state index contributed by atoms with van der Waals surface area (Å²) in [5, 5.41) is 9.74. The zero-order valence-electron chi connectivity index (χ0n) is 9.23. The number of hydrogen-bond acceptors (Lipinski definition) is 5. The van der Waals surface area contributed by atoms with E-state index in [1.54, 1.807) is 13.8 Å². The van der Waals surface area contributed by atoms with Crippen molar-refractivity contribution in [3.8, 4) is 5.75 Å². The third-order valence-electron chi connectivity index (χ3n) is 2.96. The summed E-state index contributed by atoms with van der Waals surface area (Å²) in [4.78, 5) is 23.0. The standard InChI is InChI=1S/C11H12O5/c1-4-6(3)15-11(14)7-8(12)5(2)10(13)16-9(4)7/h4,6,12H,1-3H3. The Balaban J connectivity index is 2.77. The minimum Gasteiger partial charge on any atom is -0.506 e. The second-order valence-corrected chi connectivity index (χ2v) is 4.00. The molecule has 1 aromatic heterocycles. The molecule has 1 aliphatic rings. The topological polar surface area (TPSA) is 76.7 Å². The summed E-state index contributed by atoms with van der Waals surface area (Å²) in [6.45, 7) is 4.88. The SMILES string of the molecule is Cc1c(O)c2c(oc1=O)C(C)C(C)OC2=O. The van der Waals surface area contributed by atoms with E-state index in [-0.39, 0.29) is 34.7 Å². The van der Waals surface area contributed by atoms with E-state index in [2.05, 4.69) is 0 Å². The van der Waals surface area contributed by atoms with Gasteiger partial charge in [0, 0.05) is 0 Å². The summed E-state index contributed by atoms with van der Waals surface area (Å²) in [5.41, 5.74) is -0.620. The lowest BCUT2D eigenvalue weighted by atomic mass is 9.94. The zero-order valence-corrected chi connectivity index (χ0v) is 9.23. The highest BCUT2D eigenvalue weighted by atomic mass is 16.5. The molecule has 2 atom stereocenters. The summed E-state index contributed by atoms with van der Waals surface area (Å²) < 4.78 is 10.1. The molecule has 1 aromatic rings. The minimum atomic E-state index is -0.648. The predicted octanol–water partition coefficient (Wildman–Crippen LogP) is 1.32. The predicted molar refractivity (Wildman–Crippen MR) is 54.7 cm³/mol. The van der Waals surface area contributed by atoms with Crippen LogP contribution in [0.15, 0.2) is 9.21 Å². The average molecular weight is 224 g/mol. The molecular weight excluding hydrogens is 212 g/mol. The molecular formula is C11H12O5. The van der Waals surface area contributed by atoms with Gasteiger partial charge in [0.2, 0.25) is 0 Å². The van der Waals surface area contributed by atoms with Gasteiger partial charge in [-0.3, -0.25) is 0 Å².